The Kier molecular flexibility index (Phi) is 5.17. The first-order chi connectivity index (χ1) is 11.2. The number of rotatable bonds is 4. The number of hydrogen-bond donors (Lipinski definition) is 0. The van der Waals surface area contributed by atoms with E-state index >= 15 is 0 Å². The Labute approximate surface area is 142 Å². The Morgan fingerprint density at radius 1 is 1.43 bits per heavy atom. The summed E-state index contributed by atoms with van der Waals surface area (Å²) in [5.41, 5.74) is 0.517. The molecule has 1 amide bonds. The first-order valence-electron chi connectivity index (χ1n) is 7.36. The molecule has 7 heteroatoms. The van der Waals surface area contributed by atoms with Crippen LogP contribution in [0.25, 0.3) is 0 Å². The standard InChI is InChI=1S/C16H17FN2O2S2/c1-22-16-18-14(10-23-16)15(20)19-7-5-12(6-8-19)21-13-4-2-3-11(17)9-13/h2-4,9-10,12H,5-8H2,1H3. The van der Waals surface area contributed by atoms with E-state index in [1.54, 1.807) is 23.9 Å². The maximum Gasteiger partial charge on any atom is 0.273 e. The molecule has 0 unspecified atom stereocenters. The molecule has 122 valence electrons. The smallest absolute Gasteiger partial charge is 0.273 e. The highest BCUT2D eigenvalue weighted by Crippen LogP contribution is 2.23. The minimum absolute atomic E-state index is 0.0121. The minimum atomic E-state index is -0.303. The number of hydrogen-bond acceptors (Lipinski definition) is 5. The molecule has 1 aromatic heterocycles. The first-order valence-corrected chi connectivity index (χ1v) is 9.47. The average molecular weight is 352 g/mol. The van der Waals surface area contributed by atoms with Crippen LogP contribution in [0.15, 0.2) is 34.0 Å². The third-order valence-corrected chi connectivity index (χ3v) is 5.57. The van der Waals surface area contributed by atoms with Gasteiger partial charge in [-0.3, -0.25) is 4.79 Å². The van der Waals surface area contributed by atoms with Gasteiger partial charge in [0, 0.05) is 37.4 Å². The minimum Gasteiger partial charge on any atom is -0.490 e. The summed E-state index contributed by atoms with van der Waals surface area (Å²) in [4.78, 5) is 18.5. The van der Waals surface area contributed by atoms with Gasteiger partial charge in [0.25, 0.3) is 5.91 Å². The number of benzene rings is 1. The molecule has 0 aliphatic carbocycles. The average Bonchev–Trinajstić information content (AvgIpc) is 3.04. The van der Waals surface area contributed by atoms with E-state index in [0.717, 1.165) is 17.2 Å². The largest absolute Gasteiger partial charge is 0.490 e. The Hall–Kier alpha value is -1.60. The Balaban J connectivity index is 1.54. The summed E-state index contributed by atoms with van der Waals surface area (Å²) in [5.74, 6) is 0.216. The number of halogens is 1. The van der Waals surface area contributed by atoms with E-state index in [9.17, 15) is 9.18 Å². The molecule has 4 nitrogen and oxygen atoms in total. The Morgan fingerprint density at radius 2 is 2.22 bits per heavy atom. The zero-order valence-electron chi connectivity index (χ0n) is 12.7. The zero-order chi connectivity index (χ0) is 16.2. The van der Waals surface area contributed by atoms with Crippen LogP contribution in [0.4, 0.5) is 4.39 Å². The van der Waals surface area contributed by atoms with Gasteiger partial charge in [-0.25, -0.2) is 9.37 Å². The van der Waals surface area contributed by atoms with Crippen LogP contribution in [0.5, 0.6) is 5.75 Å². The number of likely N-dealkylation sites (tertiary alicyclic amines) is 1. The van der Waals surface area contributed by atoms with E-state index in [1.165, 1.54) is 23.5 Å². The fourth-order valence-electron chi connectivity index (χ4n) is 2.52. The van der Waals surface area contributed by atoms with Gasteiger partial charge in [-0.2, -0.15) is 0 Å². The van der Waals surface area contributed by atoms with Crippen LogP contribution < -0.4 is 4.74 Å². The maximum absolute atomic E-state index is 13.2. The lowest BCUT2D eigenvalue weighted by molar-refractivity contribution is 0.0590. The number of carbonyl (C=O) groups excluding carboxylic acids is 1. The molecule has 0 atom stereocenters. The summed E-state index contributed by atoms with van der Waals surface area (Å²) in [6.07, 6.45) is 3.43. The maximum atomic E-state index is 13.2. The van der Waals surface area contributed by atoms with Crippen LogP contribution in [0.2, 0.25) is 0 Å². The van der Waals surface area contributed by atoms with Crippen molar-refractivity contribution in [2.45, 2.75) is 23.3 Å². The molecule has 1 aliphatic heterocycles. The number of thiazole rings is 1. The highest BCUT2D eigenvalue weighted by Gasteiger charge is 2.26. The highest BCUT2D eigenvalue weighted by molar-refractivity contribution is 8.00. The van der Waals surface area contributed by atoms with E-state index in [4.69, 9.17) is 4.74 Å². The predicted molar refractivity (Wildman–Crippen MR) is 89.8 cm³/mol. The monoisotopic (exact) mass is 352 g/mol. The molecule has 3 rings (SSSR count). The fourth-order valence-corrected chi connectivity index (χ4v) is 3.76. The van der Waals surface area contributed by atoms with Crippen molar-refractivity contribution in [3.05, 3.63) is 41.2 Å². The summed E-state index contributed by atoms with van der Waals surface area (Å²) >= 11 is 3.03. The van der Waals surface area contributed by atoms with Crippen LogP contribution in [0.1, 0.15) is 23.3 Å². The van der Waals surface area contributed by atoms with Crippen molar-refractivity contribution in [3.8, 4) is 5.75 Å². The SMILES string of the molecule is CSc1nc(C(=O)N2CCC(Oc3cccc(F)c3)CC2)cs1. The molecule has 0 saturated carbocycles. The van der Waals surface area contributed by atoms with Crippen molar-refractivity contribution in [3.63, 3.8) is 0 Å². The molecule has 2 heterocycles. The molecular weight excluding hydrogens is 335 g/mol. The van der Waals surface area contributed by atoms with E-state index in [1.807, 2.05) is 16.5 Å². The van der Waals surface area contributed by atoms with Gasteiger partial charge in [0.2, 0.25) is 0 Å². The van der Waals surface area contributed by atoms with Crippen LogP contribution in [-0.2, 0) is 0 Å². The molecule has 0 radical (unpaired) electrons. The number of amides is 1. The van der Waals surface area contributed by atoms with Gasteiger partial charge in [0.1, 0.15) is 27.7 Å². The third kappa shape index (κ3) is 4.03. The second kappa shape index (κ2) is 7.31. The molecule has 0 spiro atoms. The highest BCUT2D eigenvalue weighted by atomic mass is 32.2. The summed E-state index contributed by atoms with van der Waals surface area (Å²) in [6.45, 7) is 1.26. The summed E-state index contributed by atoms with van der Waals surface area (Å²) in [6, 6.07) is 6.16. The summed E-state index contributed by atoms with van der Waals surface area (Å²) in [5, 5.41) is 1.81. The molecular formula is C16H17FN2O2S2. The lowest BCUT2D eigenvalue weighted by Gasteiger charge is -2.31. The van der Waals surface area contributed by atoms with Crippen molar-refractivity contribution in [2.75, 3.05) is 19.3 Å². The topological polar surface area (TPSA) is 42.4 Å². The summed E-state index contributed by atoms with van der Waals surface area (Å²) in [7, 11) is 0. The van der Waals surface area contributed by atoms with E-state index in [2.05, 4.69) is 4.98 Å². The number of piperidine rings is 1. The van der Waals surface area contributed by atoms with Gasteiger partial charge in [-0.15, -0.1) is 11.3 Å². The van der Waals surface area contributed by atoms with E-state index in [-0.39, 0.29) is 17.8 Å². The van der Waals surface area contributed by atoms with Crippen molar-refractivity contribution in [1.29, 1.82) is 0 Å². The van der Waals surface area contributed by atoms with Crippen molar-refractivity contribution in [2.24, 2.45) is 0 Å². The lowest BCUT2D eigenvalue weighted by Crippen LogP contribution is -2.41. The molecule has 2 aromatic rings. The molecule has 1 aromatic carbocycles. The van der Waals surface area contributed by atoms with Gasteiger partial charge in [-0.05, 0) is 18.4 Å². The Morgan fingerprint density at radius 3 is 2.87 bits per heavy atom. The van der Waals surface area contributed by atoms with Crippen molar-refractivity contribution < 1.29 is 13.9 Å². The van der Waals surface area contributed by atoms with Gasteiger partial charge >= 0.3 is 0 Å². The zero-order valence-corrected chi connectivity index (χ0v) is 14.3. The third-order valence-electron chi connectivity index (χ3n) is 3.70. The number of aromatic nitrogens is 1. The van der Waals surface area contributed by atoms with Crippen molar-refractivity contribution in [1.82, 2.24) is 9.88 Å². The molecule has 0 N–H and O–H groups in total. The Bertz CT molecular complexity index is 684. The van der Waals surface area contributed by atoms with Gasteiger partial charge in [0.15, 0.2) is 0 Å². The van der Waals surface area contributed by atoms with Gasteiger partial charge < -0.3 is 9.64 Å². The molecule has 23 heavy (non-hydrogen) atoms. The predicted octanol–water partition coefficient (Wildman–Crippen LogP) is 3.69. The van der Waals surface area contributed by atoms with Gasteiger partial charge in [-0.1, -0.05) is 17.8 Å². The number of carbonyl (C=O) groups is 1. The van der Waals surface area contributed by atoms with Crippen molar-refractivity contribution >= 4 is 29.0 Å². The summed E-state index contributed by atoms with van der Waals surface area (Å²) < 4.78 is 19.9. The molecule has 1 saturated heterocycles. The van der Waals surface area contributed by atoms with E-state index in [0.29, 0.717) is 24.5 Å². The van der Waals surface area contributed by atoms with Gasteiger partial charge in [0.05, 0.1) is 0 Å². The lowest BCUT2D eigenvalue weighted by atomic mass is 10.1. The van der Waals surface area contributed by atoms with Crippen LogP contribution in [0.3, 0.4) is 0 Å². The molecule has 1 fully saturated rings. The first kappa shape index (κ1) is 16.3. The second-order valence-corrected chi connectivity index (χ2v) is 7.18. The number of nitrogens with zero attached hydrogens (tertiary/aromatic N) is 2. The molecule has 1 aliphatic rings. The van der Waals surface area contributed by atoms with Crippen LogP contribution in [-0.4, -0.2) is 41.2 Å². The van der Waals surface area contributed by atoms with Crippen LogP contribution >= 0.6 is 23.1 Å². The second-order valence-electron chi connectivity index (χ2n) is 5.27. The normalized spacial score (nSPS) is 15.7. The number of thioether (sulfide) groups is 1. The van der Waals surface area contributed by atoms with Crippen LogP contribution in [0, 0.1) is 5.82 Å². The van der Waals surface area contributed by atoms with E-state index < -0.39 is 0 Å². The quantitative estimate of drug-likeness (QED) is 0.787. The fraction of sp³-hybridized carbons (Fsp3) is 0.375. The molecule has 0 bridgehead atoms. The number of ether oxygens (including phenoxy) is 1.